The minimum absolute atomic E-state index is 0.0151. The van der Waals surface area contributed by atoms with Gasteiger partial charge in [-0.2, -0.15) is 5.26 Å². The Morgan fingerprint density at radius 3 is 2.92 bits per heavy atom. The Morgan fingerprint density at radius 1 is 1.67 bits per heavy atom. The topological polar surface area (TPSA) is 74.7 Å². The first-order chi connectivity index (χ1) is 5.83. The standard InChI is InChI=1S/C7H10N4O/c1-2-7-6(5-8)9-10-11(7)3-4-12/h12H,2-4H2,1H3. The van der Waals surface area contributed by atoms with Crippen molar-refractivity contribution >= 4 is 0 Å². The first-order valence-corrected chi connectivity index (χ1v) is 3.76. The van der Waals surface area contributed by atoms with Crippen LogP contribution in [0, 0.1) is 11.3 Å². The van der Waals surface area contributed by atoms with Crippen LogP contribution in [0.1, 0.15) is 18.3 Å². The molecule has 0 bridgehead atoms. The van der Waals surface area contributed by atoms with Gasteiger partial charge in [0.2, 0.25) is 0 Å². The SMILES string of the molecule is CCc1c(C#N)nnn1CCO. The second-order valence-corrected chi connectivity index (χ2v) is 2.30. The number of aromatic nitrogens is 3. The lowest BCUT2D eigenvalue weighted by Gasteiger charge is -1.99. The van der Waals surface area contributed by atoms with Gasteiger partial charge in [0, 0.05) is 0 Å². The normalized spacial score (nSPS) is 9.75. The lowest BCUT2D eigenvalue weighted by Crippen LogP contribution is -2.07. The molecule has 1 aromatic heterocycles. The molecule has 0 saturated heterocycles. The van der Waals surface area contributed by atoms with Crippen LogP contribution in [0.25, 0.3) is 0 Å². The zero-order chi connectivity index (χ0) is 8.97. The fourth-order valence-corrected chi connectivity index (χ4v) is 1.04. The molecule has 12 heavy (non-hydrogen) atoms. The highest BCUT2D eigenvalue weighted by Gasteiger charge is 2.08. The molecule has 0 unspecified atom stereocenters. The van der Waals surface area contributed by atoms with Gasteiger partial charge in [-0.3, -0.25) is 0 Å². The molecule has 0 spiro atoms. The van der Waals surface area contributed by atoms with E-state index in [1.165, 1.54) is 0 Å². The van der Waals surface area contributed by atoms with Crippen molar-refractivity contribution in [2.24, 2.45) is 0 Å². The molecule has 0 aromatic carbocycles. The van der Waals surface area contributed by atoms with Crippen LogP contribution >= 0.6 is 0 Å². The summed E-state index contributed by atoms with van der Waals surface area (Å²) >= 11 is 0. The summed E-state index contributed by atoms with van der Waals surface area (Å²) in [7, 11) is 0. The Labute approximate surface area is 70.2 Å². The van der Waals surface area contributed by atoms with Gasteiger partial charge in [0.15, 0.2) is 5.69 Å². The maximum absolute atomic E-state index is 8.65. The predicted molar refractivity (Wildman–Crippen MR) is 41.2 cm³/mol. The first kappa shape index (κ1) is 8.68. The van der Waals surface area contributed by atoms with Crippen LogP contribution < -0.4 is 0 Å². The molecule has 0 radical (unpaired) electrons. The van der Waals surface area contributed by atoms with E-state index in [1.807, 2.05) is 13.0 Å². The summed E-state index contributed by atoms with van der Waals surface area (Å²) in [5.41, 5.74) is 1.14. The van der Waals surface area contributed by atoms with Gasteiger partial charge in [-0.05, 0) is 6.42 Å². The van der Waals surface area contributed by atoms with Gasteiger partial charge < -0.3 is 5.11 Å². The minimum Gasteiger partial charge on any atom is -0.394 e. The van der Waals surface area contributed by atoms with Crippen molar-refractivity contribution in [3.63, 3.8) is 0 Å². The molecule has 1 rings (SSSR count). The number of rotatable bonds is 3. The van der Waals surface area contributed by atoms with E-state index >= 15 is 0 Å². The summed E-state index contributed by atoms with van der Waals surface area (Å²) in [6, 6.07) is 1.95. The summed E-state index contributed by atoms with van der Waals surface area (Å²) in [6.07, 6.45) is 0.704. The van der Waals surface area contributed by atoms with Crippen LogP contribution in [0.2, 0.25) is 0 Å². The number of aliphatic hydroxyl groups is 1. The van der Waals surface area contributed by atoms with Crippen LogP contribution in [-0.2, 0) is 13.0 Å². The molecule has 0 aliphatic carbocycles. The van der Waals surface area contributed by atoms with Gasteiger partial charge in [-0.1, -0.05) is 12.1 Å². The van der Waals surface area contributed by atoms with Crippen molar-refractivity contribution in [3.8, 4) is 6.07 Å². The number of hydrogen-bond donors (Lipinski definition) is 1. The second-order valence-electron chi connectivity index (χ2n) is 2.30. The summed E-state index contributed by atoms with van der Waals surface area (Å²) in [5.74, 6) is 0. The summed E-state index contributed by atoms with van der Waals surface area (Å²) in [4.78, 5) is 0. The molecule has 0 saturated carbocycles. The van der Waals surface area contributed by atoms with Crippen LogP contribution in [0.15, 0.2) is 0 Å². The van der Waals surface area contributed by atoms with E-state index in [9.17, 15) is 0 Å². The molecule has 64 valence electrons. The summed E-state index contributed by atoms with van der Waals surface area (Å²) in [6.45, 7) is 2.34. The third-order valence-electron chi connectivity index (χ3n) is 1.59. The second kappa shape index (κ2) is 3.83. The predicted octanol–water partition coefficient (Wildman–Crippen LogP) is -0.296. The molecular weight excluding hydrogens is 156 g/mol. The number of nitrogens with zero attached hydrogens (tertiary/aromatic N) is 4. The lowest BCUT2D eigenvalue weighted by atomic mass is 10.3. The molecule has 5 nitrogen and oxygen atoms in total. The Kier molecular flexibility index (Phi) is 2.77. The van der Waals surface area contributed by atoms with E-state index in [0.717, 1.165) is 5.69 Å². The fourth-order valence-electron chi connectivity index (χ4n) is 1.04. The average molecular weight is 166 g/mol. The Balaban J connectivity index is 2.98. The molecule has 1 N–H and O–H groups in total. The van der Waals surface area contributed by atoms with Gasteiger partial charge in [-0.15, -0.1) is 5.10 Å². The van der Waals surface area contributed by atoms with Gasteiger partial charge >= 0.3 is 0 Å². The highest BCUT2D eigenvalue weighted by atomic mass is 16.3. The number of aliphatic hydroxyl groups excluding tert-OH is 1. The zero-order valence-electron chi connectivity index (χ0n) is 6.86. The average Bonchev–Trinajstić information content (AvgIpc) is 2.47. The van der Waals surface area contributed by atoms with Crippen molar-refractivity contribution in [1.82, 2.24) is 15.0 Å². The maximum atomic E-state index is 8.65. The molecule has 0 amide bonds. The zero-order valence-corrected chi connectivity index (χ0v) is 6.86. The molecule has 0 fully saturated rings. The van der Waals surface area contributed by atoms with E-state index in [4.69, 9.17) is 10.4 Å². The van der Waals surface area contributed by atoms with Gasteiger partial charge in [-0.25, -0.2) is 4.68 Å². The lowest BCUT2D eigenvalue weighted by molar-refractivity contribution is 0.266. The van der Waals surface area contributed by atoms with Crippen molar-refractivity contribution in [2.45, 2.75) is 19.9 Å². The third kappa shape index (κ3) is 1.43. The van der Waals surface area contributed by atoms with Gasteiger partial charge in [0.25, 0.3) is 0 Å². The highest BCUT2D eigenvalue weighted by Crippen LogP contribution is 2.03. The number of hydrogen-bond acceptors (Lipinski definition) is 4. The van der Waals surface area contributed by atoms with Crippen molar-refractivity contribution in [1.29, 1.82) is 5.26 Å². The molecule has 5 heteroatoms. The molecular formula is C7H10N4O. The van der Waals surface area contributed by atoms with Crippen LogP contribution in [0.4, 0.5) is 0 Å². The largest absolute Gasteiger partial charge is 0.394 e. The highest BCUT2D eigenvalue weighted by molar-refractivity contribution is 5.24. The van der Waals surface area contributed by atoms with Crippen molar-refractivity contribution in [2.75, 3.05) is 6.61 Å². The van der Waals surface area contributed by atoms with E-state index in [2.05, 4.69) is 10.3 Å². The van der Waals surface area contributed by atoms with Crippen molar-refractivity contribution < 1.29 is 5.11 Å². The van der Waals surface area contributed by atoms with E-state index in [-0.39, 0.29) is 6.61 Å². The van der Waals surface area contributed by atoms with Gasteiger partial charge in [0.1, 0.15) is 6.07 Å². The van der Waals surface area contributed by atoms with Crippen LogP contribution in [0.5, 0.6) is 0 Å². The van der Waals surface area contributed by atoms with Crippen LogP contribution in [-0.4, -0.2) is 26.7 Å². The smallest absolute Gasteiger partial charge is 0.185 e. The van der Waals surface area contributed by atoms with E-state index in [0.29, 0.717) is 18.7 Å². The van der Waals surface area contributed by atoms with Gasteiger partial charge in [0.05, 0.1) is 18.8 Å². The fraction of sp³-hybridized carbons (Fsp3) is 0.571. The minimum atomic E-state index is 0.0151. The monoisotopic (exact) mass is 166 g/mol. The van der Waals surface area contributed by atoms with Crippen LogP contribution in [0.3, 0.4) is 0 Å². The molecule has 0 atom stereocenters. The Hall–Kier alpha value is -1.41. The molecule has 0 aliphatic heterocycles. The molecule has 1 heterocycles. The first-order valence-electron chi connectivity index (χ1n) is 3.76. The van der Waals surface area contributed by atoms with Crippen molar-refractivity contribution in [3.05, 3.63) is 11.4 Å². The molecule has 1 aromatic rings. The van der Waals surface area contributed by atoms with E-state index < -0.39 is 0 Å². The number of nitriles is 1. The summed E-state index contributed by atoms with van der Waals surface area (Å²) in [5, 5.41) is 24.6. The van der Waals surface area contributed by atoms with E-state index in [1.54, 1.807) is 4.68 Å². The Morgan fingerprint density at radius 2 is 2.42 bits per heavy atom. The third-order valence-corrected chi connectivity index (χ3v) is 1.59. The summed E-state index contributed by atoms with van der Waals surface area (Å²) < 4.78 is 1.55. The molecule has 0 aliphatic rings. The maximum Gasteiger partial charge on any atom is 0.185 e. The quantitative estimate of drug-likeness (QED) is 0.669. The Bertz CT molecular complexity index is 299.